The first-order valence-corrected chi connectivity index (χ1v) is 7.75. The maximum atomic E-state index is 5.25. The molecule has 0 spiro atoms. The van der Waals surface area contributed by atoms with E-state index in [1.54, 1.807) is 7.11 Å². The van der Waals surface area contributed by atoms with Gasteiger partial charge in [-0.05, 0) is 60.3 Å². The molecule has 2 atom stereocenters. The molecule has 3 nitrogen and oxygen atoms in total. The molecule has 1 aromatic carbocycles. The molecule has 1 fully saturated rings. The minimum atomic E-state index is 0.616. The topological polar surface area (TPSA) is 24.5 Å². The van der Waals surface area contributed by atoms with E-state index in [1.165, 1.54) is 24.8 Å². The predicted molar refractivity (Wildman–Crippen MR) is 82.1 cm³/mol. The number of ether oxygens (including phenoxy) is 1. The number of hydrogen-bond acceptors (Lipinski definition) is 3. The molecule has 1 aromatic rings. The number of rotatable bonds is 4. The summed E-state index contributed by atoms with van der Waals surface area (Å²) in [7, 11) is 1.69. The fourth-order valence-corrected chi connectivity index (χ4v) is 3.32. The van der Waals surface area contributed by atoms with Crippen molar-refractivity contribution in [3.8, 4) is 5.75 Å². The van der Waals surface area contributed by atoms with Gasteiger partial charge in [-0.3, -0.25) is 5.43 Å². The third kappa shape index (κ3) is 3.71. The zero-order valence-corrected chi connectivity index (χ0v) is 13.5. The first-order chi connectivity index (χ1) is 9.11. The van der Waals surface area contributed by atoms with Crippen molar-refractivity contribution in [2.75, 3.05) is 7.11 Å². The van der Waals surface area contributed by atoms with Crippen molar-refractivity contribution in [3.05, 3.63) is 28.2 Å². The number of nitrogens with one attached hydrogen (secondary N) is 1. The van der Waals surface area contributed by atoms with E-state index in [-0.39, 0.29) is 0 Å². The summed E-state index contributed by atoms with van der Waals surface area (Å²) in [5.74, 6) is 0.878. The smallest absolute Gasteiger partial charge is 0.133 e. The number of piperidine rings is 1. The van der Waals surface area contributed by atoms with Crippen LogP contribution in [0.15, 0.2) is 22.7 Å². The van der Waals surface area contributed by atoms with Crippen LogP contribution >= 0.6 is 15.9 Å². The maximum Gasteiger partial charge on any atom is 0.133 e. The second kappa shape index (κ2) is 6.73. The second-order valence-electron chi connectivity index (χ2n) is 5.34. The van der Waals surface area contributed by atoms with Crippen molar-refractivity contribution < 1.29 is 4.74 Å². The zero-order chi connectivity index (χ0) is 13.8. The molecular weight excluding hydrogens is 304 g/mol. The van der Waals surface area contributed by atoms with Crippen molar-refractivity contribution in [3.63, 3.8) is 0 Å². The number of halogens is 1. The summed E-state index contributed by atoms with van der Waals surface area (Å²) >= 11 is 3.53. The summed E-state index contributed by atoms with van der Waals surface area (Å²) < 4.78 is 6.26. The summed E-state index contributed by atoms with van der Waals surface area (Å²) in [5, 5.41) is 2.40. The molecule has 1 aliphatic rings. The predicted octanol–water partition coefficient (Wildman–Crippen LogP) is 3.73. The number of hydrogen-bond donors (Lipinski definition) is 1. The summed E-state index contributed by atoms with van der Waals surface area (Å²) in [6.45, 7) is 5.45. The molecule has 4 heteroatoms. The van der Waals surface area contributed by atoms with E-state index in [9.17, 15) is 0 Å². The highest BCUT2D eigenvalue weighted by Crippen LogP contribution is 2.26. The van der Waals surface area contributed by atoms with E-state index in [2.05, 4.69) is 52.3 Å². The summed E-state index contributed by atoms with van der Waals surface area (Å²) in [6, 6.07) is 7.46. The molecule has 1 aliphatic heterocycles. The van der Waals surface area contributed by atoms with Gasteiger partial charge in [0.05, 0.1) is 11.6 Å². The van der Waals surface area contributed by atoms with Crippen molar-refractivity contribution >= 4 is 15.9 Å². The average molecular weight is 327 g/mol. The molecular formula is C15H23BrN2O. The van der Waals surface area contributed by atoms with Gasteiger partial charge in [-0.2, -0.15) is 0 Å². The van der Waals surface area contributed by atoms with Gasteiger partial charge in [-0.15, -0.1) is 0 Å². The van der Waals surface area contributed by atoms with Crippen molar-refractivity contribution in [2.24, 2.45) is 0 Å². The van der Waals surface area contributed by atoms with E-state index in [1.807, 2.05) is 6.07 Å². The highest BCUT2D eigenvalue weighted by molar-refractivity contribution is 9.10. The van der Waals surface area contributed by atoms with Gasteiger partial charge in [0.2, 0.25) is 0 Å². The molecule has 1 N–H and O–H groups in total. The Labute approximate surface area is 124 Å². The third-order valence-corrected chi connectivity index (χ3v) is 4.50. The lowest BCUT2D eigenvalue weighted by Gasteiger charge is -2.39. The molecule has 0 amide bonds. The summed E-state index contributed by atoms with van der Waals surface area (Å²) in [6.07, 6.45) is 3.90. The van der Waals surface area contributed by atoms with Crippen LogP contribution in [0.3, 0.4) is 0 Å². The van der Waals surface area contributed by atoms with Gasteiger partial charge in [-0.25, -0.2) is 5.01 Å². The molecule has 1 saturated heterocycles. The van der Waals surface area contributed by atoms with E-state index >= 15 is 0 Å². The van der Waals surface area contributed by atoms with Crippen LogP contribution in [0.1, 0.15) is 38.7 Å². The highest BCUT2D eigenvalue weighted by atomic mass is 79.9. The van der Waals surface area contributed by atoms with Crippen LogP contribution in [0.4, 0.5) is 0 Å². The van der Waals surface area contributed by atoms with Crippen LogP contribution < -0.4 is 10.2 Å². The lowest BCUT2D eigenvalue weighted by Crippen LogP contribution is -2.51. The van der Waals surface area contributed by atoms with Gasteiger partial charge in [0.1, 0.15) is 5.75 Å². The van der Waals surface area contributed by atoms with Crippen molar-refractivity contribution in [1.29, 1.82) is 0 Å². The molecule has 0 aliphatic carbocycles. The monoisotopic (exact) mass is 326 g/mol. The lowest BCUT2D eigenvalue weighted by atomic mass is 10.00. The molecule has 0 aromatic heterocycles. The van der Waals surface area contributed by atoms with E-state index in [0.29, 0.717) is 12.1 Å². The molecule has 0 bridgehead atoms. The fraction of sp³-hybridized carbons (Fsp3) is 0.600. The number of hydrazine groups is 1. The lowest BCUT2D eigenvalue weighted by molar-refractivity contribution is 0.0435. The molecule has 1 heterocycles. The Balaban J connectivity index is 1.96. The number of benzene rings is 1. The standard InChI is InChI=1S/C15H23BrN2O/c1-11-5-4-6-12(2)18(11)17-10-13-7-8-15(19-3)14(16)9-13/h7-9,11-12,17H,4-6,10H2,1-3H3. The third-order valence-electron chi connectivity index (χ3n) is 3.88. The van der Waals surface area contributed by atoms with Gasteiger partial charge in [0.25, 0.3) is 0 Å². The van der Waals surface area contributed by atoms with Crippen LogP contribution in [0.5, 0.6) is 5.75 Å². The van der Waals surface area contributed by atoms with Gasteiger partial charge < -0.3 is 4.74 Å². The van der Waals surface area contributed by atoms with Crippen molar-refractivity contribution in [1.82, 2.24) is 10.4 Å². The zero-order valence-electron chi connectivity index (χ0n) is 11.9. The summed E-state index contributed by atoms with van der Waals surface area (Å²) in [4.78, 5) is 0. The van der Waals surface area contributed by atoms with Crippen LogP contribution in [0.2, 0.25) is 0 Å². The Hall–Kier alpha value is -0.580. The van der Waals surface area contributed by atoms with E-state index in [0.717, 1.165) is 16.8 Å². The van der Waals surface area contributed by atoms with Gasteiger partial charge in [-0.1, -0.05) is 12.5 Å². The van der Waals surface area contributed by atoms with Gasteiger partial charge >= 0.3 is 0 Å². The normalized spacial score (nSPS) is 24.4. The molecule has 2 rings (SSSR count). The second-order valence-corrected chi connectivity index (χ2v) is 6.19. The SMILES string of the molecule is COc1ccc(CNN2C(C)CCCC2C)cc1Br. The Morgan fingerprint density at radius 2 is 2.00 bits per heavy atom. The summed E-state index contributed by atoms with van der Waals surface area (Å²) in [5.41, 5.74) is 4.84. The Bertz CT molecular complexity index is 415. The number of methoxy groups -OCH3 is 1. The largest absolute Gasteiger partial charge is 0.496 e. The Kier molecular flexibility index (Phi) is 5.25. The van der Waals surface area contributed by atoms with E-state index in [4.69, 9.17) is 4.74 Å². The highest BCUT2D eigenvalue weighted by Gasteiger charge is 2.24. The van der Waals surface area contributed by atoms with Crippen LogP contribution in [-0.2, 0) is 6.54 Å². The quantitative estimate of drug-likeness (QED) is 0.912. The Morgan fingerprint density at radius 3 is 2.58 bits per heavy atom. The van der Waals surface area contributed by atoms with Crippen LogP contribution in [0, 0.1) is 0 Å². The average Bonchev–Trinajstić information content (AvgIpc) is 2.38. The minimum absolute atomic E-state index is 0.616. The maximum absolute atomic E-state index is 5.25. The van der Waals surface area contributed by atoms with Gasteiger partial charge in [0, 0.05) is 18.6 Å². The molecule has 106 valence electrons. The van der Waals surface area contributed by atoms with Crippen LogP contribution in [-0.4, -0.2) is 24.2 Å². The molecule has 2 unspecified atom stereocenters. The molecule has 0 saturated carbocycles. The van der Waals surface area contributed by atoms with E-state index < -0.39 is 0 Å². The minimum Gasteiger partial charge on any atom is -0.496 e. The van der Waals surface area contributed by atoms with Gasteiger partial charge in [0.15, 0.2) is 0 Å². The van der Waals surface area contributed by atoms with Crippen LogP contribution in [0.25, 0.3) is 0 Å². The first kappa shape index (κ1) is 14.8. The molecule has 0 radical (unpaired) electrons. The first-order valence-electron chi connectivity index (χ1n) is 6.96. The Morgan fingerprint density at radius 1 is 1.32 bits per heavy atom. The van der Waals surface area contributed by atoms with Crippen molar-refractivity contribution in [2.45, 2.75) is 51.7 Å². The number of nitrogens with zero attached hydrogens (tertiary/aromatic N) is 1. The molecule has 19 heavy (non-hydrogen) atoms. The fourth-order valence-electron chi connectivity index (χ4n) is 2.74.